The summed E-state index contributed by atoms with van der Waals surface area (Å²) in [5, 5.41) is 4.04. The number of benzene rings is 2. The molecule has 2 aromatic heterocycles. The van der Waals surface area contributed by atoms with Crippen LogP contribution >= 0.6 is 0 Å². The van der Waals surface area contributed by atoms with Gasteiger partial charge < -0.3 is 14.6 Å². The van der Waals surface area contributed by atoms with Gasteiger partial charge in [0.25, 0.3) is 5.91 Å². The number of nitrogens with zero attached hydrogens (tertiary/aromatic N) is 2. The van der Waals surface area contributed by atoms with Crippen LogP contribution in [0.2, 0.25) is 0 Å². The van der Waals surface area contributed by atoms with E-state index < -0.39 is 0 Å². The Morgan fingerprint density at radius 2 is 1.89 bits per heavy atom. The maximum atomic E-state index is 12.6. The maximum absolute atomic E-state index is 12.6. The minimum Gasteiger partial charge on any atom is -0.494 e. The fourth-order valence-corrected chi connectivity index (χ4v) is 3.11. The first-order chi connectivity index (χ1) is 13.2. The highest BCUT2D eigenvalue weighted by Crippen LogP contribution is 2.27. The lowest BCUT2D eigenvalue weighted by Gasteiger charge is -2.09. The molecule has 0 atom stereocenters. The van der Waals surface area contributed by atoms with Crippen molar-refractivity contribution >= 4 is 22.5 Å². The second kappa shape index (κ2) is 6.96. The zero-order chi connectivity index (χ0) is 18.8. The molecule has 27 heavy (non-hydrogen) atoms. The largest absolute Gasteiger partial charge is 0.494 e. The van der Waals surface area contributed by atoms with Gasteiger partial charge in [-0.2, -0.15) is 0 Å². The lowest BCUT2D eigenvalue weighted by Crippen LogP contribution is -2.11. The van der Waals surface area contributed by atoms with Crippen molar-refractivity contribution in [1.82, 2.24) is 9.55 Å². The summed E-state index contributed by atoms with van der Waals surface area (Å²) in [6, 6.07) is 18.9. The Bertz CT molecular complexity index is 1110. The Labute approximate surface area is 157 Å². The predicted molar refractivity (Wildman–Crippen MR) is 107 cm³/mol. The Kier molecular flexibility index (Phi) is 4.34. The molecule has 0 spiro atoms. The average molecular weight is 357 g/mol. The van der Waals surface area contributed by atoms with Gasteiger partial charge in [-0.3, -0.25) is 9.78 Å². The van der Waals surface area contributed by atoms with E-state index in [-0.39, 0.29) is 5.91 Å². The molecule has 4 rings (SSSR count). The van der Waals surface area contributed by atoms with E-state index >= 15 is 0 Å². The Hall–Kier alpha value is -3.60. The molecule has 2 aromatic carbocycles. The molecule has 0 unspecified atom stereocenters. The van der Waals surface area contributed by atoms with Crippen molar-refractivity contribution in [2.45, 2.75) is 0 Å². The molecule has 0 bridgehead atoms. The third-order valence-corrected chi connectivity index (χ3v) is 4.55. The smallest absolute Gasteiger partial charge is 0.255 e. The molecule has 5 heteroatoms. The van der Waals surface area contributed by atoms with Crippen molar-refractivity contribution < 1.29 is 9.53 Å². The van der Waals surface area contributed by atoms with Gasteiger partial charge in [0.05, 0.1) is 7.11 Å². The summed E-state index contributed by atoms with van der Waals surface area (Å²) in [7, 11) is 3.62. The monoisotopic (exact) mass is 357 g/mol. The van der Waals surface area contributed by atoms with E-state index in [1.807, 2.05) is 66.3 Å². The van der Waals surface area contributed by atoms with Gasteiger partial charge in [-0.1, -0.05) is 12.1 Å². The third-order valence-electron chi connectivity index (χ3n) is 4.55. The number of ether oxygens (including phenoxy) is 1. The number of aromatic nitrogens is 2. The number of hydrogen-bond donors (Lipinski definition) is 1. The van der Waals surface area contributed by atoms with Crippen LogP contribution in [0.25, 0.3) is 22.2 Å². The number of fused-ring (bicyclic) bond motifs is 1. The molecule has 0 radical (unpaired) electrons. The first-order valence-electron chi connectivity index (χ1n) is 8.61. The van der Waals surface area contributed by atoms with E-state index in [0.29, 0.717) is 11.3 Å². The van der Waals surface area contributed by atoms with Gasteiger partial charge in [-0.25, -0.2) is 0 Å². The molecule has 1 amide bonds. The number of aryl methyl sites for hydroxylation is 1. The van der Waals surface area contributed by atoms with Crippen LogP contribution in [0.15, 0.2) is 73.1 Å². The molecule has 0 fully saturated rings. The minimum absolute atomic E-state index is 0.148. The number of pyridine rings is 1. The van der Waals surface area contributed by atoms with Crippen molar-refractivity contribution in [2.75, 3.05) is 12.4 Å². The second-order valence-corrected chi connectivity index (χ2v) is 6.29. The summed E-state index contributed by atoms with van der Waals surface area (Å²) in [6.07, 6.45) is 3.72. The van der Waals surface area contributed by atoms with Crippen molar-refractivity contribution in [1.29, 1.82) is 0 Å². The SMILES string of the molecule is COc1cccnc1-c1ccc(C(=O)Nc2ccc3c(ccn3C)c2)cc1. The molecule has 2 heterocycles. The van der Waals surface area contributed by atoms with Crippen LogP contribution in [-0.4, -0.2) is 22.6 Å². The number of rotatable bonds is 4. The lowest BCUT2D eigenvalue weighted by atomic mass is 10.1. The van der Waals surface area contributed by atoms with Crippen LogP contribution in [0.5, 0.6) is 5.75 Å². The fourth-order valence-electron chi connectivity index (χ4n) is 3.11. The van der Waals surface area contributed by atoms with E-state index in [4.69, 9.17) is 4.74 Å². The van der Waals surface area contributed by atoms with Crippen molar-refractivity contribution in [2.24, 2.45) is 7.05 Å². The Morgan fingerprint density at radius 1 is 1.07 bits per heavy atom. The zero-order valence-corrected chi connectivity index (χ0v) is 15.1. The van der Waals surface area contributed by atoms with Crippen molar-refractivity contribution in [3.63, 3.8) is 0 Å². The summed E-state index contributed by atoms with van der Waals surface area (Å²) in [4.78, 5) is 16.9. The van der Waals surface area contributed by atoms with Gasteiger partial charge in [0.15, 0.2) is 0 Å². The molecule has 5 nitrogen and oxygen atoms in total. The van der Waals surface area contributed by atoms with E-state index in [1.165, 1.54) is 0 Å². The zero-order valence-electron chi connectivity index (χ0n) is 15.1. The van der Waals surface area contributed by atoms with Gasteiger partial charge in [0, 0.05) is 47.2 Å². The number of amides is 1. The first-order valence-corrected chi connectivity index (χ1v) is 8.61. The van der Waals surface area contributed by atoms with E-state index in [2.05, 4.69) is 10.3 Å². The van der Waals surface area contributed by atoms with Crippen LogP contribution in [0.4, 0.5) is 5.69 Å². The number of nitrogens with one attached hydrogen (secondary N) is 1. The summed E-state index contributed by atoms with van der Waals surface area (Å²) in [5.74, 6) is 0.552. The van der Waals surface area contributed by atoms with Gasteiger partial charge in [0.1, 0.15) is 11.4 Å². The standard InChI is InChI=1S/C22H19N3O2/c1-25-13-11-17-14-18(9-10-19(17)25)24-22(26)16-7-5-15(6-8-16)21-20(27-2)4-3-12-23-21/h3-14H,1-2H3,(H,24,26). The normalized spacial score (nSPS) is 10.7. The molecule has 0 aliphatic carbocycles. The topological polar surface area (TPSA) is 56.1 Å². The first kappa shape index (κ1) is 16.8. The molecule has 4 aromatic rings. The summed E-state index contributed by atoms with van der Waals surface area (Å²) < 4.78 is 7.40. The molecule has 0 aliphatic heterocycles. The van der Waals surface area contributed by atoms with E-state index in [9.17, 15) is 4.79 Å². The fraction of sp³-hybridized carbons (Fsp3) is 0.0909. The number of carbonyl (C=O) groups is 1. The maximum Gasteiger partial charge on any atom is 0.255 e. The quantitative estimate of drug-likeness (QED) is 0.585. The Balaban J connectivity index is 1.55. The molecular formula is C22H19N3O2. The van der Waals surface area contributed by atoms with Gasteiger partial charge in [0.2, 0.25) is 0 Å². The summed E-state index contributed by atoms with van der Waals surface area (Å²) >= 11 is 0. The Morgan fingerprint density at radius 3 is 2.67 bits per heavy atom. The number of methoxy groups -OCH3 is 1. The number of anilines is 1. The van der Waals surface area contributed by atoms with E-state index in [1.54, 1.807) is 25.4 Å². The summed E-state index contributed by atoms with van der Waals surface area (Å²) in [6.45, 7) is 0. The highest BCUT2D eigenvalue weighted by atomic mass is 16.5. The van der Waals surface area contributed by atoms with Crippen LogP contribution in [-0.2, 0) is 7.05 Å². The lowest BCUT2D eigenvalue weighted by molar-refractivity contribution is 0.102. The van der Waals surface area contributed by atoms with Crippen LogP contribution in [0.1, 0.15) is 10.4 Å². The van der Waals surface area contributed by atoms with Gasteiger partial charge in [-0.05, 0) is 48.5 Å². The molecule has 0 saturated heterocycles. The molecule has 0 saturated carbocycles. The number of carbonyl (C=O) groups excluding carboxylic acids is 1. The number of hydrogen-bond acceptors (Lipinski definition) is 3. The van der Waals surface area contributed by atoms with Crippen LogP contribution in [0, 0.1) is 0 Å². The van der Waals surface area contributed by atoms with Crippen molar-refractivity contribution in [3.8, 4) is 17.0 Å². The molecule has 0 aliphatic rings. The minimum atomic E-state index is -0.148. The van der Waals surface area contributed by atoms with Gasteiger partial charge in [-0.15, -0.1) is 0 Å². The highest BCUT2D eigenvalue weighted by molar-refractivity contribution is 6.05. The van der Waals surface area contributed by atoms with E-state index in [0.717, 1.165) is 27.8 Å². The second-order valence-electron chi connectivity index (χ2n) is 6.29. The molecule has 1 N–H and O–H groups in total. The molecule has 134 valence electrons. The molecular weight excluding hydrogens is 338 g/mol. The highest BCUT2D eigenvalue weighted by Gasteiger charge is 2.10. The van der Waals surface area contributed by atoms with Crippen molar-refractivity contribution in [3.05, 3.63) is 78.6 Å². The third kappa shape index (κ3) is 3.27. The summed E-state index contributed by atoms with van der Waals surface area (Å²) in [5.41, 5.74) is 4.13. The van der Waals surface area contributed by atoms with Crippen LogP contribution < -0.4 is 10.1 Å². The average Bonchev–Trinajstić information content (AvgIpc) is 3.08. The van der Waals surface area contributed by atoms with Crippen LogP contribution in [0.3, 0.4) is 0 Å². The van der Waals surface area contributed by atoms with Gasteiger partial charge >= 0.3 is 0 Å². The predicted octanol–water partition coefficient (Wildman–Crippen LogP) is 4.50.